The lowest BCUT2D eigenvalue weighted by molar-refractivity contribution is -0.134. The van der Waals surface area contributed by atoms with Gasteiger partial charge in [0.25, 0.3) is 0 Å². The number of amides is 1. The summed E-state index contributed by atoms with van der Waals surface area (Å²) in [5, 5.41) is 3.36. The van der Waals surface area contributed by atoms with Crippen LogP contribution in [0.25, 0.3) is 21.7 Å². The molecule has 0 spiro atoms. The highest BCUT2D eigenvalue weighted by Crippen LogP contribution is 2.30. The molecule has 1 amide bonds. The zero-order valence-corrected chi connectivity index (χ0v) is 12.2. The van der Waals surface area contributed by atoms with Gasteiger partial charge < -0.3 is 14.1 Å². The largest absolute Gasteiger partial charge is 0.464 e. The molecule has 4 nitrogen and oxygen atoms in total. The van der Waals surface area contributed by atoms with Crippen molar-refractivity contribution < 1.29 is 13.9 Å². The molecule has 1 saturated heterocycles. The Balaban J connectivity index is 1.72. The van der Waals surface area contributed by atoms with E-state index in [-0.39, 0.29) is 5.91 Å². The number of carbonyl (C=O) groups excluding carboxylic acids is 1. The molecule has 22 heavy (non-hydrogen) atoms. The zero-order chi connectivity index (χ0) is 14.9. The minimum atomic E-state index is 0.138. The highest BCUT2D eigenvalue weighted by molar-refractivity contribution is 6.08. The number of fused-ring (bicyclic) bond motifs is 3. The maximum absolute atomic E-state index is 12.5. The van der Waals surface area contributed by atoms with Crippen molar-refractivity contribution in [2.75, 3.05) is 26.3 Å². The van der Waals surface area contributed by atoms with E-state index < -0.39 is 0 Å². The number of benzene rings is 2. The van der Waals surface area contributed by atoms with E-state index in [9.17, 15) is 4.79 Å². The van der Waals surface area contributed by atoms with Crippen molar-refractivity contribution in [3.63, 3.8) is 0 Å². The average molecular weight is 295 g/mol. The van der Waals surface area contributed by atoms with Gasteiger partial charge in [-0.3, -0.25) is 4.79 Å². The fourth-order valence-corrected chi connectivity index (χ4v) is 3.09. The van der Waals surface area contributed by atoms with E-state index >= 15 is 0 Å². The normalized spacial score (nSPS) is 15.5. The molecule has 0 unspecified atom stereocenters. The van der Waals surface area contributed by atoms with E-state index in [2.05, 4.69) is 18.2 Å². The van der Waals surface area contributed by atoms with E-state index in [1.54, 1.807) is 6.26 Å². The van der Waals surface area contributed by atoms with Gasteiger partial charge >= 0.3 is 0 Å². The van der Waals surface area contributed by atoms with Crippen molar-refractivity contribution >= 4 is 27.6 Å². The minimum Gasteiger partial charge on any atom is -0.464 e. The lowest BCUT2D eigenvalue weighted by Crippen LogP contribution is -2.41. The van der Waals surface area contributed by atoms with Crippen molar-refractivity contribution in [1.82, 2.24) is 4.90 Å². The second-order valence-corrected chi connectivity index (χ2v) is 5.59. The van der Waals surface area contributed by atoms with E-state index in [1.165, 1.54) is 0 Å². The third-order valence-electron chi connectivity index (χ3n) is 4.25. The summed E-state index contributed by atoms with van der Waals surface area (Å²) in [6.45, 7) is 2.60. The van der Waals surface area contributed by atoms with Gasteiger partial charge in [-0.05, 0) is 16.8 Å². The molecule has 112 valence electrons. The van der Waals surface area contributed by atoms with Gasteiger partial charge in [0, 0.05) is 24.0 Å². The van der Waals surface area contributed by atoms with Crippen molar-refractivity contribution in [2.24, 2.45) is 0 Å². The van der Waals surface area contributed by atoms with Gasteiger partial charge in [-0.2, -0.15) is 0 Å². The number of hydrogen-bond acceptors (Lipinski definition) is 3. The molecule has 0 radical (unpaired) electrons. The Labute approximate surface area is 128 Å². The van der Waals surface area contributed by atoms with Crippen LogP contribution in [0.15, 0.2) is 47.1 Å². The quantitative estimate of drug-likeness (QED) is 0.730. The molecule has 2 aromatic carbocycles. The van der Waals surface area contributed by atoms with Crippen molar-refractivity contribution in [1.29, 1.82) is 0 Å². The minimum absolute atomic E-state index is 0.138. The number of nitrogens with zero attached hydrogens (tertiary/aromatic N) is 1. The SMILES string of the molecule is O=C(Cc1coc2ccc3ccccc3c12)N1CCOCC1. The lowest BCUT2D eigenvalue weighted by atomic mass is 10.0. The number of carbonyl (C=O) groups is 1. The first-order valence-corrected chi connectivity index (χ1v) is 7.56. The smallest absolute Gasteiger partial charge is 0.227 e. The fraction of sp³-hybridized carbons (Fsp3) is 0.278. The summed E-state index contributed by atoms with van der Waals surface area (Å²) < 4.78 is 11.0. The maximum atomic E-state index is 12.5. The van der Waals surface area contributed by atoms with Gasteiger partial charge in [-0.15, -0.1) is 0 Å². The van der Waals surface area contributed by atoms with Crippen molar-refractivity contribution in [3.05, 3.63) is 48.2 Å². The molecule has 4 rings (SSSR count). The van der Waals surface area contributed by atoms with Crippen molar-refractivity contribution in [2.45, 2.75) is 6.42 Å². The monoisotopic (exact) mass is 295 g/mol. The number of furan rings is 1. The lowest BCUT2D eigenvalue weighted by Gasteiger charge is -2.26. The molecule has 0 bridgehead atoms. The Hall–Kier alpha value is -2.33. The third kappa shape index (κ3) is 2.25. The molecule has 1 aromatic heterocycles. The summed E-state index contributed by atoms with van der Waals surface area (Å²) in [5.41, 5.74) is 1.80. The number of morpholine rings is 1. The Kier molecular flexibility index (Phi) is 3.31. The molecule has 0 aliphatic carbocycles. The molecule has 4 heteroatoms. The number of rotatable bonds is 2. The summed E-state index contributed by atoms with van der Waals surface area (Å²) in [6, 6.07) is 12.2. The summed E-state index contributed by atoms with van der Waals surface area (Å²) in [4.78, 5) is 14.3. The van der Waals surface area contributed by atoms with Crippen LogP contribution in [-0.2, 0) is 16.0 Å². The number of hydrogen-bond donors (Lipinski definition) is 0. The predicted octanol–water partition coefficient (Wildman–Crippen LogP) is 2.99. The first-order valence-electron chi connectivity index (χ1n) is 7.56. The topological polar surface area (TPSA) is 42.7 Å². The molecular weight excluding hydrogens is 278 g/mol. The van der Waals surface area contributed by atoms with E-state index in [1.807, 2.05) is 23.1 Å². The predicted molar refractivity (Wildman–Crippen MR) is 84.8 cm³/mol. The Bertz CT molecular complexity index is 831. The maximum Gasteiger partial charge on any atom is 0.227 e. The van der Waals surface area contributed by atoms with Crippen LogP contribution in [0.1, 0.15) is 5.56 Å². The molecule has 2 heterocycles. The molecule has 1 aliphatic heterocycles. The molecule has 1 aliphatic rings. The van der Waals surface area contributed by atoms with Crippen LogP contribution >= 0.6 is 0 Å². The zero-order valence-electron chi connectivity index (χ0n) is 12.2. The molecule has 0 N–H and O–H groups in total. The average Bonchev–Trinajstić information content (AvgIpc) is 2.99. The Morgan fingerprint density at radius 3 is 2.77 bits per heavy atom. The summed E-state index contributed by atoms with van der Waals surface area (Å²) in [5.74, 6) is 0.138. The Morgan fingerprint density at radius 1 is 1.09 bits per heavy atom. The Morgan fingerprint density at radius 2 is 1.91 bits per heavy atom. The van der Waals surface area contributed by atoms with Crippen LogP contribution < -0.4 is 0 Å². The first-order chi connectivity index (χ1) is 10.8. The van der Waals surface area contributed by atoms with E-state index in [0.717, 1.165) is 27.3 Å². The van der Waals surface area contributed by atoms with Gasteiger partial charge in [0.05, 0.1) is 25.9 Å². The fourth-order valence-electron chi connectivity index (χ4n) is 3.09. The third-order valence-corrected chi connectivity index (χ3v) is 4.25. The first kappa shape index (κ1) is 13.3. The van der Waals surface area contributed by atoms with Crippen LogP contribution in [-0.4, -0.2) is 37.1 Å². The van der Waals surface area contributed by atoms with Gasteiger partial charge in [-0.25, -0.2) is 0 Å². The van der Waals surface area contributed by atoms with Crippen LogP contribution in [0, 0.1) is 0 Å². The molecule has 1 fully saturated rings. The van der Waals surface area contributed by atoms with Crippen molar-refractivity contribution in [3.8, 4) is 0 Å². The summed E-state index contributed by atoms with van der Waals surface area (Å²) in [7, 11) is 0. The van der Waals surface area contributed by atoms with E-state index in [4.69, 9.17) is 9.15 Å². The highest BCUT2D eigenvalue weighted by Gasteiger charge is 2.19. The van der Waals surface area contributed by atoms with Gasteiger partial charge in [0.1, 0.15) is 5.58 Å². The van der Waals surface area contributed by atoms with Gasteiger partial charge in [0.2, 0.25) is 5.91 Å². The van der Waals surface area contributed by atoms with Crippen LogP contribution in [0.5, 0.6) is 0 Å². The molecule has 0 saturated carbocycles. The second kappa shape index (κ2) is 5.46. The summed E-state index contributed by atoms with van der Waals surface area (Å²) >= 11 is 0. The van der Waals surface area contributed by atoms with Crippen LogP contribution in [0.4, 0.5) is 0 Å². The second-order valence-electron chi connectivity index (χ2n) is 5.59. The molecule has 3 aromatic rings. The molecular formula is C18H17NO3. The van der Waals surface area contributed by atoms with Crippen LogP contribution in [0.2, 0.25) is 0 Å². The van der Waals surface area contributed by atoms with Gasteiger partial charge in [0.15, 0.2) is 0 Å². The van der Waals surface area contributed by atoms with E-state index in [0.29, 0.717) is 32.7 Å². The van der Waals surface area contributed by atoms with Crippen LogP contribution in [0.3, 0.4) is 0 Å². The molecule has 0 atom stereocenters. The highest BCUT2D eigenvalue weighted by atomic mass is 16.5. The standard InChI is InChI=1S/C18H17NO3/c20-17(19-7-9-21-10-8-19)11-14-12-22-16-6-5-13-3-1-2-4-15(13)18(14)16/h1-6,12H,7-11H2. The number of ether oxygens (including phenoxy) is 1. The van der Waals surface area contributed by atoms with Gasteiger partial charge in [-0.1, -0.05) is 30.3 Å². The summed E-state index contributed by atoms with van der Waals surface area (Å²) in [6.07, 6.45) is 2.09.